The number of hydrogen-bond donors (Lipinski definition) is 1. The van der Waals surface area contributed by atoms with E-state index in [2.05, 4.69) is 15.3 Å². The highest BCUT2D eigenvalue weighted by atomic mass is 16.3. The van der Waals surface area contributed by atoms with Gasteiger partial charge in [-0.1, -0.05) is 12.1 Å². The van der Waals surface area contributed by atoms with Crippen molar-refractivity contribution in [1.29, 1.82) is 0 Å². The van der Waals surface area contributed by atoms with E-state index >= 15 is 0 Å². The van der Waals surface area contributed by atoms with Crippen molar-refractivity contribution < 1.29 is 4.42 Å². The molecule has 2 heterocycles. The number of para-hydroxylation sites is 2. The van der Waals surface area contributed by atoms with Crippen LogP contribution in [-0.2, 0) is 0 Å². The maximum Gasteiger partial charge on any atom is 0.145 e. The van der Waals surface area contributed by atoms with Crippen LogP contribution in [0, 0.1) is 6.92 Å². The Labute approximate surface area is 111 Å². The first-order valence-corrected chi connectivity index (χ1v) is 6.27. The van der Waals surface area contributed by atoms with Crippen molar-refractivity contribution >= 4 is 16.9 Å². The van der Waals surface area contributed by atoms with E-state index in [1.807, 2.05) is 50.2 Å². The smallest absolute Gasteiger partial charge is 0.145 e. The summed E-state index contributed by atoms with van der Waals surface area (Å²) in [5, 5.41) is 3.30. The van der Waals surface area contributed by atoms with E-state index in [9.17, 15) is 0 Å². The van der Waals surface area contributed by atoms with Gasteiger partial charge in [-0.2, -0.15) is 0 Å². The second-order valence-corrected chi connectivity index (χ2v) is 4.56. The Balaban J connectivity index is 1.84. The average molecular weight is 253 g/mol. The predicted octanol–water partition coefficient (Wildman–Crippen LogP) is 3.70. The van der Waals surface area contributed by atoms with E-state index in [0.29, 0.717) is 0 Å². The van der Waals surface area contributed by atoms with Gasteiger partial charge >= 0.3 is 0 Å². The lowest BCUT2D eigenvalue weighted by atomic mass is 10.2. The topological polar surface area (TPSA) is 51.0 Å². The number of anilines is 1. The highest BCUT2D eigenvalue weighted by molar-refractivity contribution is 5.75. The van der Waals surface area contributed by atoms with Crippen molar-refractivity contribution in [2.24, 2.45) is 0 Å². The molecule has 19 heavy (non-hydrogen) atoms. The molecule has 1 N–H and O–H groups in total. The van der Waals surface area contributed by atoms with Crippen LogP contribution in [0.4, 0.5) is 5.82 Å². The largest absolute Gasteiger partial charge is 0.464 e. The number of nitrogens with one attached hydrogen (secondary N) is 1. The van der Waals surface area contributed by atoms with Gasteiger partial charge in [-0.25, -0.2) is 4.98 Å². The van der Waals surface area contributed by atoms with E-state index in [0.717, 1.165) is 28.4 Å². The van der Waals surface area contributed by atoms with Gasteiger partial charge in [0.2, 0.25) is 0 Å². The molecule has 0 aliphatic heterocycles. The summed E-state index contributed by atoms with van der Waals surface area (Å²) in [6.07, 6.45) is 1.74. The predicted molar refractivity (Wildman–Crippen MR) is 75.0 cm³/mol. The molecule has 4 heteroatoms. The second kappa shape index (κ2) is 4.72. The van der Waals surface area contributed by atoms with Gasteiger partial charge < -0.3 is 9.73 Å². The highest BCUT2D eigenvalue weighted by Crippen LogP contribution is 2.20. The third-order valence-corrected chi connectivity index (χ3v) is 3.00. The zero-order valence-electron chi connectivity index (χ0n) is 10.9. The maximum absolute atomic E-state index is 5.59. The van der Waals surface area contributed by atoms with Crippen LogP contribution in [0.15, 0.2) is 47.0 Å². The lowest BCUT2D eigenvalue weighted by Gasteiger charge is -2.12. The van der Waals surface area contributed by atoms with Crippen molar-refractivity contribution in [1.82, 2.24) is 9.97 Å². The average Bonchev–Trinajstić information content (AvgIpc) is 2.85. The molecule has 0 saturated heterocycles. The number of furan rings is 1. The van der Waals surface area contributed by atoms with E-state index in [1.54, 1.807) is 6.20 Å². The summed E-state index contributed by atoms with van der Waals surface area (Å²) >= 11 is 0. The van der Waals surface area contributed by atoms with Crippen LogP contribution in [0.3, 0.4) is 0 Å². The van der Waals surface area contributed by atoms with Crippen LogP contribution in [-0.4, -0.2) is 9.97 Å². The van der Waals surface area contributed by atoms with Gasteiger partial charge in [-0.3, -0.25) is 4.98 Å². The number of fused-ring (bicyclic) bond motifs is 1. The number of nitrogens with zero attached hydrogens (tertiary/aromatic N) is 2. The molecule has 1 atom stereocenters. The number of aryl methyl sites for hydroxylation is 1. The Morgan fingerprint density at radius 1 is 1.11 bits per heavy atom. The van der Waals surface area contributed by atoms with Gasteiger partial charge in [-0.15, -0.1) is 0 Å². The molecule has 3 rings (SSSR count). The molecule has 0 saturated carbocycles. The van der Waals surface area contributed by atoms with E-state index in [4.69, 9.17) is 4.42 Å². The van der Waals surface area contributed by atoms with Gasteiger partial charge in [0.15, 0.2) is 0 Å². The van der Waals surface area contributed by atoms with Crippen molar-refractivity contribution in [3.05, 3.63) is 54.1 Å². The molecular formula is C15H15N3O. The lowest BCUT2D eigenvalue weighted by molar-refractivity contribution is 0.466. The molecule has 96 valence electrons. The fourth-order valence-corrected chi connectivity index (χ4v) is 2.01. The van der Waals surface area contributed by atoms with Crippen molar-refractivity contribution in [3.8, 4) is 0 Å². The van der Waals surface area contributed by atoms with Gasteiger partial charge in [0.25, 0.3) is 0 Å². The quantitative estimate of drug-likeness (QED) is 0.773. The molecule has 0 aliphatic carbocycles. The number of rotatable bonds is 3. The minimum atomic E-state index is 0.0594. The Hall–Kier alpha value is -2.36. The molecule has 3 aromatic rings. The van der Waals surface area contributed by atoms with Crippen LogP contribution in [0.25, 0.3) is 11.0 Å². The number of aromatic nitrogens is 2. The lowest BCUT2D eigenvalue weighted by Crippen LogP contribution is -2.07. The zero-order valence-corrected chi connectivity index (χ0v) is 10.9. The fraction of sp³-hybridized carbons (Fsp3) is 0.200. The first kappa shape index (κ1) is 11.7. The molecule has 0 radical (unpaired) electrons. The van der Waals surface area contributed by atoms with E-state index in [-0.39, 0.29) is 6.04 Å². The summed E-state index contributed by atoms with van der Waals surface area (Å²) in [4.78, 5) is 8.91. The molecule has 0 spiro atoms. The van der Waals surface area contributed by atoms with Crippen molar-refractivity contribution in [2.45, 2.75) is 19.9 Å². The molecule has 0 amide bonds. The van der Waals surface area contributed by atoms with Crippen LogP contribution in [0.2, 0.25) is 0 Å². The van der Waals surface area contributed by atoms with Crippen molar-refractivity contribution in [3.63, 3.8) is 0 Å². The number of hydrogen-bond acceptors (Lipinski definition) is 4. The van der Waals surface area contributed by atoms with Gasteiger partial charge in [0.1, 0.15) is 17.3 Å². The molecular weight excluding hydrogens is 238 g/mol. The molecule has 0 fully saturated rings. The summed E-state index contributed by atoms with van der Waals surface area (Å²) < 4.78 is 5.59. The van der Waals surface area contributed by atoms with Gasteiger partial charge in [0.05, 0.1) is 23.3 Å². The number of benzene rings is 1. The molecule has 1 unspecified atom stereocenters. The summed E-state index contributed by atoms with van der Waals surface area (Å²) in [5.74, 6) is 2.56. The van der Waals surface area contributed by atoms with Crippen molar-refractivity contribution in [2.75, 3.05) is 5.32 Å². The normalized spacial score (nSPS) is 12.5. The minimum absolute atomic E-state index is 0.0594. The molecule has 0 bridgehead atoms. The third kappa shape index (κ3) is 2.42. The molecule has 4 nitrogen and oxygen atoms in total. The Morgan fingerprint density at radius 2 is 1.89 bits per heavy atom. The zero-order chi connectivity index (χ0) is 13.2. The van der Waals surface area contributed by atoms with Gasteiger partial charge in [-0.05, 0) is 38.1 Å². The minimum Gasteiger partial charge on any atom is -0.464 e. The summed E-state index contributed by atoms with van der Waals surface area (Å²) in [7, 11) is 0. The first-order valence-electron chi connectivity index (χ1n) is 6.27. The van der Waals surface area contributed by atoms with Crippen LogP contribution in [0.1, 0.15) is 24.5 Å². The Kier molecular flexibility index (Phi) is 2.91. The molecule has 2 aromatic heterocycles. The fourth-order valence-electron chi connectivity index (χ4n) is 2.01. The van der Waals surface area contributed by atoms with Crippen LogP contribution >= 0.6 is 0 Å². The first-order chi connectivity index (χ1) is 9.22. The standard InChI is InChI=1S/C15H15N3O/c1-10-7-8-14(19-10)11(2)17-15-9-16-12-5-3-4-6-13(12)18-15/h3-9,11H,1-2H3,(H,17,18). The summed E-state index contributed by atoms with van der Waals surface area (Å²) in [6.45, 7) is 3.97. The Bertz CT molecular complexity index is 705. The van der Waals surface area contributed by atoms with Crippen LogP contribution < -0.4 is 5.32 Å². The summed E-state index contributed by atoms with van der Waals surface area (Å²) in [5.41, 5.74) is 1.78. The Morgan fingerprint density at radius 3 is 2.63 bits per heavy atom. The van der Waals surface area contributed by atoms with E-state index in [1.165, 1.54) is 0 Å². The monoisotopic (exact) mass is 253 g/mol. The van der Waals surface area contributed by atoms with E-state index < -0.39 is 0 Å². The third-order valence-electron chi connectivity index (χ3n) is 3.00. The van der Waals surface area contributed by atoms with Gasteiger partial charge in [0, 0.05) is 0 Å². The maximum atomic E-state index is 5.59. The molecule has 0 aliphatic rings. The van der Waals surface area contributed by atoms with Crippen LogP contribution in [0.5, 0.6) is 0 Å². The summed E-state index contributed by atoms with van der Waals surface area (Å²) in [6, 6.07) is 11.8. The second-order valence-electron chi connectivity index (χ2n) is 4.56. The highest BCUT2D eigenvalue weighted by Gasteiger charge is 2.10. The SMILES string of the molecule is Cc1ccc(C(C)Nc2cnc3ccccc3n2)o1. The molecule has 1 aromatic carbocycles.